The van der Waals surface area contributed by atoms with Crippen LogP contribution in [0.2, 0.25) is 0 Å². The molecule has 0 aromatic rings. The zero-order valence-corrected chi connectivity index (χ0v) is 50.1. The van der Waals surface area contributed by atoms with E-state index in [2.05, 4.69) is 43.5 Å². The maximum absolute atomic E-state index is 12.5. The van der Waals surface area contributed by atoms with Crippen LogP contribution in [0.4, 0.5) is 0 Å². The molecule has 2 atom stereocenters. The molecule has 6 nitrogen and oxygen atoms in total. The largest absolute Gasteiger partial charge is 0.466 e. The van der Waals surface area contributed by atoms with Crippen LogP contribution in [-0.2, 0) is 14.3 Å². The number of hydrogen-bond acceptors (Lipinski definition) is 5. The van der Waals surface area contributed by atoms with Crippen LogP contribution in [0.5, 0.6) is 0 Å². The molecular formula is C68H131NO5. The second-order valence-corrected chi connectivity index (χ2v) is 23.2. The van der Waals surface area contributed by atoms with Gasteiger partial charge in [0.15, 0.2) is 0 Å². The van der Waals surface area contributed by atoms with Crippen molar-refractivity contribution >= 4 is 11.9 Å². The van der Waals surface area contributed by atoms with Gasteiger partial charge in [-0.25, -0.2) is 0 Å². The van der Waals surface area contributed by atoms with Gasteiger partial charge in [-0.2, -0.15) is 0 Å². The Balaban J connectivity index is 3.42. The summed E-state index contributed by atoms with van der Waals surface area (Å²) in [4.78, 5) is 24.6. The predicted octanol–water partition coefficient (Wildman–Crippen LogP) is 21.4. The maximum Gasteiger partial charge on any atom is 0.305 e. The van der Waals surface area contributed by atoms with E-state index in [0.717, 1.165) is 57.8 Å². The van der Waals surface area contributed by atoms with Crippen LogP contribution in [0.15, 0.2) is 24.3 Å². The fourth-order valence-electron chi connectivity index (χ4n) is 10.6. The molecule has 0 fully saturated rings. The molecule has 0 saturated heterocycles. The molecule has 438 valence electrons. The van der Waals surface area contributed by atoms with E-state index in [1.807, 2.05) is 0 Å². The summed E-state index contributed by atoms with van der Waals surface area (Å²) in [5.41, 5.74) is 0. The van der Waals surface area contributed by atoms with Crippen molar-refractivity contribution in [1.29, 1.82) is 0 Å². The topological polar surface area (TPSA) is 95.9 Å². The summed E-state index contributed by atoms with van der Waals surface area (Å²) in [6.07, 6.45) is 79.1. The number of esters is 1. The van der Waals surface area contributed by atoms with E-state index in [1.54, 1.807) is 0 Å². The van der Waals surface area contributed by atoms with Crippen molar-refractivity contribution in [2.45, 2.75) is 386 Å². The van der Waals surface area contributed by atoms with Gasteiger partial charge in [-0.05, 0) is 57.8 Å². The smallest absolute Gasteiger partial charge is 0.305 e. The molecule has 0 aromatic carbocycles. The van der Waals surface area contributed by atoms with Crippen molar-refractivity contribution in [1.82, 2.24) is 5.32 Å². The number of carbonyl (C=O) groups is 2. The van der Waals surface area contributed by atoms with Gasteiger partial charge in [-0.15, -0.1) is 0 Å². The molecule has 0 saturated carbocycles. The SMILES string of the molecule is CCCCCC/C=C\C/C=C\CCCCCCCCCC(=O)OCCCCCCCCCCCCCCCCC(=O)NC(CO)C(O)CCCCCCCCCCCCCCCCCCCCCCCCCCC. The number of allylic oxidation sites excluding steroid dienone is 4. The van der Waals surface area contributed by atoms with E-state index in [-0.39, 0.29) is 18.5 Å². The Morgan fingerprint density at radius 3 is 1.04 bits per heavy atom. The van der Waals surface area contributed by atoms with Crippen molar-refractivity contribution in [3.05, 3.63) is 24.3 Å². The molecular weight excluding hydrogens is 911 g/mol. The number of unbranched alkanes of at least 4 members (excludes halogenated alkanes) is 48. The minimum atomic E-state index is -0.674. The molecule has 0 rings (SSSR count). The lowest BCUT2D eigenvalue weighted by Crippen LogP contribution is -2.45. The lowest BCUT2D eigenvalue weighted by Gasteiger charge is -2.22. The molecule has 74 heavy (non-hydrogen) atoms. The van der Waals surface area contributed by atoms with Crippen LogP contribution in [0.1, 0.15) is 373 Å². The van der Waals surface area contributed by atoms with Crippen molar-refractivity contribution in [3.8, 4) is 0 Å². The zero-order valence-electron chi connectivity index (χ0n) is 50.1. The third kappa shape index (κ3) is 59.6. The molecule has 0 aliphatic carbocycles. The fraction of sp³-hybridized carbons (Fsp3) is 0.912. The van der Waals surface area contributed by atoms with Crippen LogP contribution in [-0.4, -0.2) is 47.4 Å². The Hall–Kier alpha value is -1.66. The van der Waals surface area contributed by atoms with Crippen molar-refractivity contribution in [3.63, 3.8) is 0 Å². The highest BCUT2D eigenvalue weighted by atomic mass is 16.5. The third-order valence-electron chi connectivity index (χ3n) is 15.8. The average molecular weight is 1040 g/mol. The first-order valence-electron chi connectivity index (χ1n) is 33.6. The lowest BCUT2D eigenvalue weighted by molar-refractivity contribution is -0.143. The highest BCUT2D eigenvalue weighted by Gasteiger charge is 2.20. The summed E-state index contributed by atoms with van der Waals surface area (Å²) in [7, 11) is 0. The minimum absolute atomic E-state index is 0.00814. The summed E-state index contributed by atoms with van der Waals surface area (Å²) < 4.78 is 5.49. The molecule has 0 heterocycles. The normalized spacial score (nSPS) is 12.6. The number of ether oxygens (including phenoxy) is 1. The first kappa shape index (κ1) is 72.3. The molecule has 2 unspecified atom stereocenters. The van der Waals surface area contributed by atoms with E-state index in [0.29, 0.717) is 25.9 Å². The van der Waals surface area contributed by atoms with Gasteiger partial charge in [0, 0.05) is 12.8 Å². The van der Waals surface area contributed by atoms with Gasteiger partial charge in [0.1, 0.15) is 0 Å². The standard InChI is InChI=1S/C68H131NO5/c1-3-5-7-9-11-13-15-17-19-21-23-24-25-26-27-28-29-30-32-36-40-44-48-52-56-60-66(71)65(64-70)69-67(72)61-57-53-49-45-41-37-34-35-39-43-47-51-55-59-63-74-68(73)62-58-54-50-46-42-38-33-31-22-20-18-16-14-12-10-8-6-4-2/h14,16,20,22,65-66,70-71H,3-13,15,17-19,21,23-64H2,1-2H3,(H,69,72)/b16-14-,22-20-. The van der Waals surface area contributed by atoms with Crippen LogP contribution in [0.25, 0.3) is 0 Å². The van der Waals surface area contributed by atoms with Gasteiger partial charge >= 0.3 is 5.97 Å². The second-order valence-electron chi connectivity index (χ2n) is 23.2. The summed E-state index contributed by atoms with van der Waals surface area (Å²) >= 11 is 0. The zero-order chi connectivity index (χ0) is 53.6. The van der Waals surface area contributed by atoms with Gasteiger partial charge in [-0.3, -0.25) is 9.59 Å². The molecule has 0 aliphatic heterocycles. The average Bonchev–Trinajstić information content (AvgIpc) is 3.40. The van der Waals surface area contributed by atoms with Crippen molar-refractivity contribution in [2.75, 3.05) is 13.2 Å². The molecule has 3 N–H and O–H groups in total. The quantitative estimate of drug-likeness (QED) is 0.0320. The molecule has 0 radical (unpaired) electrons. The molecule has 0 spiro atoms. The molecule has 0 aromatic heterocycles. The molecule has 6 heteroatoms. The van der Waals surface area contributed by atoms with Crippen LogP contribution in [0, 0.1) is 0 Å². The highest BCUT2D eigenvalue weighted by molar-refractivity contribution is 5.76. The Labute approximate surface area is 462 Å². The lowest BCUT2D eigenvalue weighted by atomic mass is 10.0. The Kier molecular flexibility index (Phi) is 62.4. The Morgan fingerprint density at radius 1 is 0.378 bits per heavy atom. The van der Waals surface area contributed by atoms with Gasteiger partial charge < -0.3 is 20.3 Å². The van der Waals surface area contributed by atoms with E-state index in [4.69, 9.17) is 4.74 Å². The Morgan fingerprint density at radius 2 is 0.676 bits per heavy atom. The van der Waals surface area contributed by atoms with Crippen LogP contribution < -0.4 is 5.32 Å². The molecule has 0 aliphatic rings. The maximum atomic E-state index is 12.5. The third-order valence-corrected chi connectivity index (χ3v) is 15.8. The number of carbonyl (C=O) groups excluding carboxylic acids is 2. The van der Waals surface area contributed by atoms with Gasteiger partial charge in [0.2, 0.25) is 5.91 Å². The Bertz CT molecular complexity index is 1150. The summed E-state index contributed by atoms with van der Waals surface area (Å²) in [5.74, 6) is -0.0496. The van der Waals surface area contributed by atoms with Crippen LogP contribution >= 0.6 is 0 Å². The van der Waals surface area contributed by atoms with Gasteiger partial charge in [0.25, 0.3) is 0 Å². The van der Waals surface area contributed by atoms with Crippen molar-refractivity contribution < 1.29 is 24.5 Å². The predicted molar refractivity (Wildman–Crippen MR) is 324 cm³/mol. The number of rotatable bonds is 63. The monoisotopic (exact) mass is 1040 g/mol. The second kappa shape index (κ2) is 63.9. The summed E-state index contributed by atoms with van der Waals surface area (Å²) in [6.45, 7) is 4.94. The molecule has 1 amide bonds. The number of nitrogens with one attached hydrogen (secondary N) is 1. The first-order chi connectivity index (χ1) is 36.5. The van der Waals surface area contributed by atoms with Gasteiger partial charge in [-0.1, -0.05) is 327 Å². The van der Waals surface area contributed by atoms with E-state index < -0.39 is 12.1 Å². The highest BCUT2D eigenvalue weighted by Crippen LogP contribution is 2.19. The van der Waals surface area contributed by atoms with E-state index in [9.17, 15) is 19.8 Å². The van der Waals surface area contributed by atoms with E-state index in [1.165, 1.54) is 283 Å². The van der Waals surface area contributed by atoms with Gasteiger partial charge in [0.05, 0.1) is 25.4 Å². The van der Waals surface area contributed by atoms with Crippen LogP contribution in [0.3, 0.4) is 0 Å². The number of aliphatic hydroxyl groups excluding tert-OH is 2. The summed E-state index contributed by atoms with van der Waals surface area (Å²) in [5, 5.41) is 23.4. The number of amides is 1. The van der Waals surface area contributed by atoms with E-state index >= 15 is 0 Å². The minimum Gasteiger partial charge on any atom is -0.466 e. The summed E-state index contributed by atoms with van der Waals surface area (Å²) in [6, 6.07) is -0.552. The molecule has 0 bridgehead atoms. The number of aliphatic hydroxyl groups is 2. The first-order valence-corrected chi connectivity index (χ1v) is 33.6. The fourth-order valence-corrected chi connectivity index (χ4v) is 10.6. The van der Waals surface area contributed by atoms with Crippen molar-refractivity contribution in [2.24, 2.45) is 0 Å². The number of hydrogen-bond donors (Lipinski definition) is 3.